The van der Waals surface area contributed by atoms with Crippen molar-refractivity contribution >= 4 is 11.7 Å². The number of Topliss-reactive ketones (excluding diaryl/α,β-unsaturated/α-hetero) is 1. The monoisotopic (exact) mass is 302 g/mol. The molecule has 0 aromatic carbocycles. The molecule has 118 valence electrons. The molecule has 1 saturated carbocycles. The molecule has 2 N–H and O–H groups in total. The number of fused-ring (bicyclic) bond motifs is 1. The first kappa shape index (κ1) is 15.0. The molecule has 3 rings (SSSR count). The van der Waals surface area contributed by atoms with Gasteiger partial charge in [-0.25, -0.2) is 0 Å². The van der Waals surface area contributed by atoms with E-state index in [-0.39, 0.29) is 22.8 Å². The van der Waals surface area contributed by atoms with Crippen molar-refractivity contribution in [3.63, 3.8) is 0 Å². The Hall–Kier alpha value is -1.91. The van der Waals surface area contributed by atoms with Gasteiger partial charge in [0.25, 0.3) is 11.5 Å². The summed E-state index contributed by atoms with van der Waals surface area (Å²) in [5.74, 6) is -0.359. The maximum absolute atomic E-state index is 12.5. The van der Waals surface area contributed by atoms with E-state index >= 15 is 0 Å². The molecule has 0 aliphatic heterocycles. The summed E-state index contributed by atoms with van der Waals surface area (Å²) in [4.78, 5) is 39.3. The van der Waals surface area contributed by atoms with Gasteiger partial charge in [0.2, 0.25) is 0 Å². The molecule has 0 bridgehead atoms. The molecule has 5 nitrogen and oxygen atoms in total. The molecule has 5 heteroatoms. The smallest absolute Gasteiger partial charge is 0.261 e. The van der Waals surface area contributed by atoms with Gasteiger partial charge in [-0.3, -0.25) is 14.4 Å². The second kappa shape index (κ2) is 5.71. The Morgan fingerprint density at radius 3 is 2.59 bits per heavy atom. The number of aryl methyl sites for hydroxylation is 1. The molecule has 0 saturated heterocycles. The van der Waals surface area contributed by atoms with Crippen LogP contribution in [0.5, 0.6) is 0 Å². The van der Waals surface area contributed by atoms with Gasteiger partial charge in [-0.15, -0.1) is 0 Å². The maximum atomic E-state index is 12.5. The lowest BCUT2D eigenvalue weighted by Gasteiger charge is -2.34. The summed E-state index contributed by atoms with van der Waals surface area (Å²) < 4.78 is 0. The van der Waals surface area contributed by atoms with Crippen molar-refractivity contribution in [1.29, 1.82) is 0 Å². The van der Waals surface area contributed by atoms with E-state index in [2.05, 4.69) is 10.3 Å². The first-order chi connectivity index (χ1) is 10.5. The van der Waals surface area contributed by atoms with Crippen molar-refractivity contribution in [1.82, 2.24) is 10.3 Å². The number of aromatic amines is 1. The summed E-state index contributed by atoms with van der Waals surface area (Å²) in [6.45, 7) is 2.03. The number of aromatic nitrogens is 1. The summed E-state index contributed by atoms with van der Waals surface area (Å²) in [5, 5.41) is 3.00. The number of rotatable bonds is 2. The molecule has 0 atom stereocenters. The Balaban J connectivity index is 1.88. The highest BCUT2D eigenvalue weighted by Gasteiger charge is 2.30. The number of nitrogens with one attached hydrogen (secondary N) is 2. The van der Waals surface area contributed by atoms with Gasteiger partial charge in [-0.05, 0) is 38.7 Å². The van der Waals surface area contributed by atoms with Crippen LogP contribution in [0.4, 0.5) is 0 Å². The first-order valence-electron chi connectivity index (χ1n) is 8.10. The summed E-state index contributed by atoms with van der Waals surface area (Å²) in [7, 11) is 0. The highest BCUT2D eigenvalue weighted by atomic mass is 16.2. The molecule has 1 fully saturated rings. The average Bonchev–Trinajstić information content (AvgIpc) is 2.47. The van der Waals surface area contributed by atoms with Crippen LogP contribution in [0.2, 0.25) is 0 Å². The number of H-pyrrole nitrogens is 1. The minimum Gasteiger partial charge on any atom is -0.347 e. The van der Waals surface area contributed by atoms with Crippen LogP contribution in [0.1, 0.15) is 78.3 Å². The van der Waals surface area contributed by atoms with Crippen LogP contribution >= 0.6 is 0 Å². The normalized spacial score (nSPS) is 20.3. The van der Waals surface area contributed by atoms with Crippen LogP contribution in [-0.4, -0.2) is 22.2 Å². The van der Waals surface area contributed by atoms with Gasteiger partial charge < -0.3 is 10.3 Å². The van der Waals surface area contributed by atoms with Crippen molar-refractivity contribution in [2.45, 2.75) is 63.8 Å². The van der Waals surface area contributed by atoms with Gasteiger partial charge in [0.15, 0.2) is 5.78 Å². The van der Waals surface area contributed by atoms with Crippen LogP contribution in [0.25, 0.3) is 0 Å². The Bertz CT molecular complexity index is 669. The van der Waals surface area contributed by atoms with E-state index in [1.165, 1.54) is 12.5 Å². The second-order valence-corrected chi connectivity index (χ2v) is 6.76. The maximum Gasteiger partial charge on any atom is 0.261 e. The molecule has 2 aliphatic rings. The third kappa shape index (κ3) is 2.85. The Morgan fingerprint density at radius 2 is 1.86 bits per heavy atom. The van der Waals surface area contributed by atoms with E-state index in [9.17, 15) is 14.4 Å². The Labute approximate surface area is 129 Å². The van der Waals surface area contributed by atoms with Crippen LogP contribution in [-0.2, 0) is 6.42 Å². The van der Waals surface area contributed by atoms with Crippen LogP contribution in [0.15, 0.2) is 10.9 Å². The van der Waals surface area contributed by atoms with Gasteiger partial charge >= 0.3 is 0 Å². The topological polar surface area (TPSA) is 79.0 Å². The fraction of sp³-hybridized carbons (Fsp3) is 0.588. The predicted octanol–water partition coefficient (Wildman–Crippen LogP) is 2.35. The van der Waals surface area contributed by atoms with Gasteiger partial charge in [0.05, 0.1) is 0 Å². The molecule has 1 aromatic rings. The van der Waals surface area contributed by atoms with E-state index in [4.69, 9.17) is 0 Å². The van der Waals surface area contributed by atoms with Crippen LogP contribution in [0, 0.1) is 0 Å². The average molecular weight is 302 g/mol. The van der Waals surface area contributed by atoms with Crippen LogP contribution < -0.4 is 10.9 Å². The Morgan fingerprint density at radius 1 is 1.14 bits per heavy atom. The highest BCUT2D eigenvalue weighted by molar-refractivity contribution is 6.01. The third-order valence-electron chi connectivity index (χ3n) is 4.87. The molecule has 0 unspecified atom stereocenters. The molecular formula is C17H22N2O3. The molecule has 1 heterocycles. The van der Waals surface area contributed by atoms with Gasteiger partial charge in [0, 0.05) is 23.2 Å². The number of amides is 1. The number of hydrogen-bond donors (Lipinski definition) is 2. The SMILES string of the molecule is CC1(NC(=O)c2cc3c([nH]c2=O)CCCC3=O)CCCCC1. The predicted molar refractivity (Wildman–Crippen MR) is 83.3 cm³/mol. The van der Waals surface area contributed by atoms with Gasteiger partial charge in [-0.2, -0.15) is 0 Å². The number of carbonyl (C=O) groups is 2. The van der Waals surface area contributed by atoms with E-state index in [1.54, 1.807) is 0 Å². The minimum atomic E-state index is -0.398. The van der Waals surface area contributed by atoms with Crippen molar-refractivity contribution in [2.24, 2.45) is 0 Å². The largest absolute Gasteiger partial charge is 0.347 e. The molecular weight excluding hydrogens is 280 g/mol. The number of hydrogen-bond acceptors (Lipinski definition) is 3. The van der Waals surface area contributed by atoms with Crippen molar-refractivity contribution in [3.05, 3.63) is 33.2 Å². The summed E-state index contributed by atoms with van der Waals surface area (Å²) in [5.41, 5.74) is 0.583. The highest BCUT2D eigenvalue weighted by Crippen LogP contribution is 2.28. The van der Waals surface area contributed by atoms with E-state index in [0.717, 1.165) is 32.1 Å². The molecule has 0 spiro atoms. The molecule has 1 aromatic heterocycles. The van der Waals surface area contributed by atoms with Crippen molar-refractivity contribution in [2.75, 3.05) is 0 Å². The summed E-state index contributed by atoms with van der Waals surface area (Å²) >= 11 is 0. The van der Waals surface area contributed by atoms with E-state index < -0.39 is 5.56 Å². The number of pyridine rings is 1. The zero-order valence-corrected chi connectivity index (χ0v) is 13.0. The summed E-state index contributed by atoms with van der Waals surface area (Å²) in [6, 6.07) is 1.48. The zero-order valence-electron chi connectivity index (χ0n) is 13.0. The third-order valence-corrected chi connectivity index (χ3v) is 4.87. The molecule has 2 aliphatic carbocycles. The number of carbonyl (C=O) groups excluding carboxylic acids is 2. The molecule has 1 amide bonds. The fourth-order valence-electron chi connectivity index (χ4n) is 3.54. The van der Waals surface area contributed by atoms with Gasteiger partial charge in [0.1, 0.15) is 5.56 Å². The number of ketones is 1. The Kier molecular flexibility index (Phi) is 3.89. The second-order valence-electron chi connectivity index (χ2n) is 6.76. The van der Waals surface area contributed by atoms with Gasteiger partial charge in [-0.1, -0.05) is 19.3 Å². The minimum absolute atomic E-state index is 0.00966. The lowest BCUT2D eigenvalue weighted by atomic mass is 9.83. The molecule has 22 heavy (non-hydrogen) atoms. The van der Waals surface area contributed by atoms with Crippen molar-refractivity contribution < 1.29 is 9.59 Å². The fourth-order valence-corrected chi connectivity index (χ4v) is 3.54. The quantitative estimate of drug-likeness (QED) is 0.880. The lowest BCUT2D eigenvalue weighted by Crippen LogP contribution is -2.48. The van der Waals surface area contributed by atoms with Crippen LogP contribution in [0.3, 0.4) is 0 Å². The first-order valence-corrected chi connectivity index (χ1v) is 8.10. The summed E-state index contributed by atoms with van der Waals surface area (Å²) in [6.07, 6.45) is 7.17. The van der Waals surface area contributed by atoms with E-state index in [0.29, 0.717) is 24.1 Å². The zero-order chi connectivity index (χ0) is 15.7. The van der Waals surface area contributed by atoms with Crippen molar-refractivity contribution in [3.8, 4) is 0 Å². The standard InChI is InChI=1S/C17H22N2O3/c1-17(8-3-2-4-9-17)19-16(22)12-10-11-13(18-15(12)21)6-5-7-14(11)20/h10H,2-9H2,1H3,(H,18,21)(H,19,22). The van der Waals surface area contributed by atoms with E-state index in [1.807, 2.05) is 6.92 Å². The molecule has 0 radical (unpaired) electrons. The lowest BCUT2D eigenvalue weighted by molar-refractivity contribution is 0.0881.